The van der Waals surface area contributed by atoms with E-state index in [0.717, 1.165) is 6.07 Å². The highest BCUT2D eigenvalue weighted by Gasteiger charge is 2.19. The van der Waals surface area contributed by atoms with Crippen LogP contribution < -0.4 is 5.73 Å². The maximum Gasteiger partial charge on any atom is 0.338 e. The monoisotopic (exact) mass is 289 g/mol. The zero-order valence-corrected chi connectivity index (χ0v) is 10.9. The van der Waals surface area contributed by atoms with Gasteiger partial charge in [-0.05, 0) is 48.8 Å². The smallest absolute Gasteiger partial charge is 0.338 e. The van der Waals surface area contributed by atoms with E-state index in [1.54, 1.807) is 20.8 Å². The Morgan fingerprint density at radius 1 is 1.44 bits per heavy atom. The molecule has 0 aliphatic carbocycles. The van der Waals surface area contributed by atoms with Crippen LogP contribution in [0.4, 0.5) is 10.1 Å². The van der Waals surface area contributed by atoms with E-state index in [1.807, 2.05) is 0 Å². The van der Waals surface area contributed by atoms with Crippen molar-refractivity contribution in [3.05, 3.63) is 28.0 Å². The number of ether oxygens (including phenoxy) is 1. The van der Waals surface area contributed by atoms with Crippen molar-refractivity contribution in [3.63, 3.8) is 0 Å². The Bertz CT molecular complexity index is 403. The van der Waals surface area contributed by atoms with Gasteiger partial charge in [0.2, 0.25) is 0 Å². The summed E-state index contributed by atoms with van der Waals surface area (Å²) in [5.74, 6) is -1.17. The first kappa shape index (κ1) is 13.0. The molecule has 0 aliphatic heterocycles. The molecule has 16 heavy (non-hydrogen) atoms. The zero-order valence-electron chi connectivity index (χ0n) is 9.30. The van der Waals surface area contributed by atoms with Crippen molar-refractivity contribution >= 4 is 27.6 Å². The molecule has 0 fully saturated rings. The molecule has 5 heteroatoms. The lowest BCUT2D eigenvalue weighted by Gasteiger charge is -2.19. The Hall–Kier alpha value is -1.10. The minimum atomic E-state index is -0.616. The van der Waals surface area contributed by atoms with Gasteiger partial charge >= 0.3 is 5.97 Å². The number of rotatable bonds is 1. The topological polar surface area (TPSA) is 52.3 Å². The van der Waals surface area contributed by atoms with Crippen LogP contribution in [0.1, 0.15) is 31.1 Å². The summed E-state index contributed by atoms with van der Waals surface area (Å²) in [5.41, 5.74) is 5.18. The zero-order chi connectivity index (χ0) is 12.5. The number of nitrogens with two attached hydrogens (primary N) is 1. The van der Waals surface area contributed by atoms with Crippen LogP contribution in [-0.2, 0) is 4.74 Å². The van der Waals surface area contributed by atoms with Crippen LogP contribution in [0.25, 0.3) is 0 Å². The largest absolute Gasteiger partial charge is 0.456 e. The number of anilines is 1. The molecule has 88 valence electrons. The number of benzene rings is 1. The lowest BCUT2D eigenvalue weighted by Crippen LogP contribution is -2.24. The number of esters is 1. The van der Waals surface area contributed by atoms with Crippen molar-refractivity contribution < 1.29 is 13.9 Å². The van der Waals surface area contributed by atoms with Gasteiger partial charge in [-0.3, -0.25) is 0 Å². The van der Waals surface area contributed by atoms with Crippen molar-refractivity contribution in [2.45, 2.75) is 26.4 Å². The second kappa shape index (κ2) is 4.41. The molecular formula is C11H13BrFNO2. The third-order valence-corrected chi connectivity index (χ3v) is 2.53. The molecule has 0 radical (unpaired) electrons. The van der Waals surface area contributed by atoms with E-state index in [2.05, 4.69) is 15.9 Å². The fraction of sp³-hybridized carbons (Fsp3) is 0.364. The van der Waals surface area contributed by atoms with E-state index < -0.39 is 17.4 Å². The average Bonchev–Trinajstić information content (AvgIpc) is 2.10. The lowest BCUT2D eigenvalue weighted by molar-refractivity contribution is 0.00690. The molecule has 0 atom stereocenters. The minimum Gasteiger partial charge on any atom is -0.456 e. The predicted molar refractivity (Wildman–Crippen MR) is 63.7 cm³/mol. The molecule has 0 aliphatic rings. The Morgan fingerprint density at radius 2 is 2.00 bits per heavy atom. The molecule has 2 N–H and O–H groups in total. The van der Waals surface area contributed by atoms with Gasteiger partial charge in [-0.15, -0.1) is 0 Å². The second-order valence-corrected chi connectivity index (χ2v) is 5.16. The van der Waals surface area contributed by atoms with Crippen molar-refractivity contribution in [2.24, 2.45) is 0 Å². The van der Waals surface area contributed by atoms with E-state index in [0.29, 0.717) is 0 Å². The third-order valence-electron chi connectivity index (χ3n) is 1.69. The number of carbonyl (C=O) groups excluding carboxylic acids is 1. The highest BCUT2D eigenvalue weighted by Crippen LogP contribution is 2.25. The van der Waals surface area contributed by atoms with Crippen molar-refractivity contribution in [2.75, 3.05) is 5.73 Å². The summed E-state index contributed by atoms with van der Waals surface area (Å²) in [6.07, 6.45) is 0. The molecule has 0 amide bonds. The first-order valence-electron chi connectivity index (χ1n) is 4.68. The summed E-state index contributed by atoms with van der Waals surface area (Å²) in [6, 6.07) is 2.47. The molecule has 3 nitrogen and oxygen atoms in total. The Labute approximate surface area is 102 Å². The molecule has 0 bridgehead atoms. The summed E-state index contributed by atoms with van der Waals surface area (Å²) in [6.45, 7) is 5.22. The summed E-state index contributed by atoms with van der Waals surface area (Å²) in [7, 11) is 0. The fourth-order valence-corrected chi connectivity index (χ4v) is 1.29. The highest BCUT2D eigenvalue weighted by atomic mass is 79.9. The van der Waals surface area contributed by atoms with Gasteiger partial charge in [-0.2, -0.15) is 0 Å². The molecule has 0 unspecified atom stereocenters. The predicted octanol–water partition coefficient (Wildman–Crippen LogP) is 3.13. The number of hydrogen-bond acceptors (Lipinski definition) is 3. The van der Waals surface area contributed by atoms with Crippen LogP contribution in [0.2, 0.25) is 0 Å². The molecule has 0 saturated heterocycles. The standard InChI is InChI=1S/C11H13BrFNO2/c1-11(2,3)16-10(15)6-4-7(13)9(12)8(14)5-6/h4-5H,14H2,1-3H3. The highest BCUT2D eigenvalue weighted by molar-refractivity contribution is 9.10. The van der Waals surface area contributed by atoms with Crippen LogP contribution in [0.3, 0.4) is 0 Å². The SMILES string of the molecule is CC(C)(C)OC(=O)c1cc(N)c(Br)c(F)c1. The molecule has 1 aromatic carbocycles. The quantitative estimate of drug-likeness (QED) is 0.638. The molecular weight excluding hydrogens is 277 g/mol. The molecule has 0 saturated carbocycles. The van der Waals surface area contributed by atoms with Crippen molar-refractivity contribution in [1.82, 2.24) is 0 Å². The second-order valence-electron chi connectivity index (χ2n) is 4.36. The van der Waals surface area contributed by atoms with Gasteiger partial charge < -0.3 is 10.5 Å². The van der Waals surface area contributed by atoms with Crippen LogP contribution in [0, 0.1) is 5.82 Å². The maximum atomic E-state index is 13.3. The average molecular weight is 290 g/mol. The van der Waals surface area contributed by atoms with E-state index in [9.17, 15) is 9.18 Å². The van der Waals surface area contributed by atoms with Crippen LogP contribution in [0.5, 0.6) is 0 Å². The summed E-state index contributed by atoms with van der Waals surface area (Å²) < 4.78 is 18.5. The molecule has 1 aromatic rings. The molecule has 1 rings (SSSR count). The number of hydrogen-bond donors (Lipinski definition) is 1. The van der Waals surface area contributed by atoms with E-state index in [4.69, 9.17) is 10.5 Å². The number of nitrogen functional groups attached to an aromatic ring is 1. The Balaban J connectivity index is 3.02. The first-order valence-corrected chi connectivity index (χ1v) is 5.48. The van der Waals surface area contributed by atoms with Gasteiger partial charge in [-0.1, -0.05) is 0 Å². The van der Waals surface area contributed by atoms with Gasteiger partial charge in [0.25, 0.3) is 0 Å². The van der Waals surface area contributed by atoms with Gasteiger partial charge in [-0.25, -0.2) is 9.18 Å². The maximum absolute atomic E-state index is 13.3. The minimum absolute atomic E-state index is 0.105. The number of halogens is 2. The summed E-state index contributed by atoms with van der Waals surface area (Å²) >= 11 is 2.97. The van der Waals surface area contributed by atoms with Gasteiger partial charge in [0.1, 0.15) is 11.4 Å². The van der Waals surface area contributed by atoms with E-state index in [-0.39, 0.29) is 15.7 Å². The molecule has 0 spiro atoms. The molecule has 0 heterocycles. The van der Waals surface area contributed by atoms with Crippen LogP contribution >= 0.6 is 15.9 Å². The van der Waals surface area contributed by atoms with E-state index >= 15 is 0 Å². The van der Waals surface area contributed by atoms with Crippen LogP contribution in [-0.4, -0.2) is 11.6 Å². The third kappa shape index (κ3) is 3.20. The fourth-order valence-electron chi connectivity index (χ4n) is 1.07. The summed E-state index contributed by atoms with van der Waals surface area (Å²) in [4.78, 5) is 11.6. The summed E-state index contributed by atoms with van der Waals surface area (Å²) in [5, 5.41) is 0. The van der Waals surface area contributed by atoms with Gasteiger partial charge in [0.05, 0.1) is 10.0 Å². The van der Waals surface area contributed by atoms with Gasteiger partial charge in [0.15, 0.2) is 0 Å². The van der Waals surface area contributed by atoms with E-state index in [1.165, 1.54) is 6.07 Å². The van der Waals surface area contributed by atoms with Crippen molar-refractivity contribution in [1.29, 1.82) is 0 Å². The Morgan fingerprint density at radius 3 is 2.44 bits per heavy atom. The van der Waals surface area contributed by atoms with Crippen LogP contribution in [0.15, 0.2) is 16.6 Å². The first-order chi connectivity index (χ1) is 7.20. The molecule has 0 aromatic heterocycles. The Kier molecular flexibility index (Phi) is 3.57. The van der Waals surface area contributed by atoms with Crippen molar-refractivity contribution in [3.8, 4) is 0 Å². The lowest BCUT2D eigenvalue weighted by atomic mass is 10.1. The normalized spacial score (nSPS) is 11.3. The van der Waals surface area contributed by atoms with Gasteiger partial charge in [0, 0.05) is 5.69 Å². The number of carbonyl (C=O) groups is 1.